The summed E-state index contributed by atoms with van der Waals surface area (Å²) in [5.74, 6) is 0.327. The smallest absolute Gasteiger partial charge is 0.130 e. The van der Waals surface area contributed by atoms with Gasteiger partial charge in [0.2, 0.25) is 0 Å². The van der Waals surface area contributed by atoms with Gasteiger partial charge < -0.3 is 4.79 Å². The fourth-order valence-corrected chi connectivity index (χ4v) is 2.32. The summed E-state index contributed by atoms with van der Waals surface area (Å²) in [4.78, 5) is 11.1. The molecule has 0 rings (SSSR count). The van der Waals surface area contributed by atoms with Gasteiger partial charge in [0.05, 0.1) is 0 Å². The first-order valence-electron chi connectivity index (χ1n) is 6.97. The van der Waals surface area contributed by atoms with Gasteiger partial charge in [-0.3, -0.25) is 0 Å². The summed E-state index contributed by atoms with van der Waals surface area (Å²) in [5, 5.41) is 0. The normalized spacial score (nSPS) is 11.8. The lowest BCUT2D eigenvalue weighted by atomic mass is 9.82. The fraction of sp³-hybridized carbons (Fsp3) is 0.933. The molecule has 0 aromatic carbocycles. The zero-order chi connectivity index (χ0) is 12.4. The van der Waals surface area contributed by atoms with Gasteiger partial charge in [0.1, 0.15) is 5.78 Å². The molecule has 0 fully saturated rings. The Bertz CT molecular complexity index is 182. The zero-order valence-electron chi connectivity index (χ0n) is 11.8. The van der Waals surface area contributed by atoms with Crippen molar-refractivity contribution < 1.29 is 4.79 Å². The number of hydrogen-bond acceptors (Lipinski definition) is 1. The summed E-state index contributed by atoms with van der Waals surface area (Å²) in [7, 11) is 0. The molecule has 0 heterocycles. The van der Waals surface area contributed by atoms with Crippen molar-refractivity contribution >= 4 is 5.78 Å². The van der Waals surface area contributed by atoms with Gasteiger partial charge >= 0.3 is 0 Å². The van der Waals surface area contributed by atoms with Gasteiger partial charge in [-0.15, -0.1) is 0 Å². The summed E-state index contributed by atoms with van der Waals surface area (Å²) in [5.41, 5.74) is 0.218. The lowest BCUT2D eigenvalue weighted by molar-refractivity contribution is -0.118. The average Bonchev–Trinajstić information content (AvgIpc) is 2.14. The second kappa shape index (κ2) is 8.78. The van der Waals surface area contributed by atoms with E-state index in [1.54, 1.807) is 6.92 Å². The molecule has 1 heteroatoms. The van der Waals surface area contributed by atoms with Gasteiger partial charge in [0.15, 0.2) is 0 Å². The second-order valence-corrected chi connectivity index (χ2v) is 5.91. The van der Waals surface area contributed by atoms with E-state index in [0.29, 0.717) is 5.78 Å². The highest BCUT2D eigenvalue weighted by Gasteiger charge is 2.18. The third kappa shape index (κ3) is 10.2. The van der Waals surface area contributed by atoms with Gasteiger partial charge in [-0.05, 0) is 18.8 Å². The molecule has 0 aromatic rings. The molecule has 0 spiro atoms. The summed E-state index contributed by atoms with van der Waals surface area (Å²) >= 11 is 0. The van der Waals surface area contributed by atoms with Crippen LogP contribution in [0.2, 0.25) is 0 Å². The van der Waals surface area contributed by atoms with Crippen molar-refractivity contribution in [2.24, 2.45) is 5.41 Å². The Labute approximate surface area is 102 Å². The molecular weight excluding hydrogens is 196 g/mol. The first kappa shape index (κ1) is 15.7. The first-order valence-corrected chi connectivity index (χ1v) is 6.97. The number of rotatable bonds is 10. The molecule has 0 saturated heterocycles. The Morgan fingerprint density at radius 3 is 1.94 bits per heavy atom. The monoisotopic (exact) mass is 226 g/mol. The molecule has 96 valence electrons. The number of hydrogen-bond donors (Lipinski definition) is 0. The molecule has 0 unspecified atom stereocenters. The maximum Gasteiger partial charge on any atom is 0.130 e. The van der Waals surface area contributed by atoms with E-state index in [0.717, 1.165) is 6.42 Å². The first-order chi connectivity index (χ1) is 7.48. The highest BCUT2D eigenvalue weighted by molar-refractivity contribution is 5.76. The van der Waals surface area contributed by atoms with Gasteiger partial charge in [-0.1, -0.05) is 65.7 Å². The summed E-state index contributed by atoms with van der Waals surface area (Å²) in [6.07, 6.45) is 11.4. The number of unbranched alkanes of at least 4 members (excludes halogenated alkanes) is 6. The van der Waals surface area contributed by atoms with Crippen LogP contribution in [0, 0.1) is 5.41 Å². The molecule has 1 nitrogen and oxygen atoms in total. The maximum atomic E-state index is 11.1. The van der Waals surface area contributed by atoms with Crippen LogP contribution in [0.3, 0.4) is 0 Å². The molecule has 0 aliphatic rings. The predicted octanol–water partition coefficient (Wildman–Crippen LogP) is 5.13. The van der Waals surface area contributed by atoms with E-state index in [1.165, 1.54) is 51.4 Å². The van der Waals surface area contributed by atoms with Gasteiger partial charge in [0, 0.05) is 6.42 Å². The lowest BCUT2D eigenvalue weighted by Crippen LogP contribution is -2.15. The van der Waals surface area contributed by atoms with Crippen LogP contribution in [0.5, 0.6) is 0 Å². The van der Waals surface area contributed by atoms with Crippen molar-refractivity contribution in [1.29, 1.82) is 0 Å². The molecule has 0 radical (unpaired) electrons. The minimum absolute atomic E-state index is 0.218. The minimum atomic E-state index is 0.218. The molecular formula is C15H30O. The number of carbonyl (C=O) groups is 1. The Balaban J connectivity index is 3.39. The zero-order valence-corrected chi connectivity index (χ0v) is 11.8. The minimum Gasteiger partial charge on any atom is -0.300 e. The quantitative estimate of drug-likeness (QED) is 0.472. The van der Waals surface area contributed by atoms with E-state index in [4.69, 9.17) is 0 Å². The van der Waals surface area contributed by atoms with E-state index >= 15 is 0 Å². The molecule has 0 N–H and O–H groups in total. The second-order valence-electron chi connectivity index (χ2n) is 5.91. The number of carbonyl (C=O) groups excluding carboxylic acids is 1. The van der Waals surface area contributed by atoms with Crippen molar-refractivity contribution in [2.75, 3.05) is 0 Å². The summed E-state index contributed by atoms with van der Waals surface area (Å²) in [6, 6.07) is 0. The van der Waals surface area contributed by atoms with Crippen molar-refractivity contribution in [3.63, 3.8) is 0 Å². The third-order valence-corrected chi connectivity index (χ3v) is 3.18. The van der Waals surface area contributed by atoms with Crippen LogP contribution < -0.4 is 0 Å². The van der Waals surface area contributed by atoms with Crippen LogP contribution in [0.15, 0.2) is 0 Å². The Kier molecular flexibility index (Phi) is 8.60. The Hall–Kier alpha value is -0.330. The van der Waals surface area contributed by atoms with Crippen LogP contribution in [0.25, 0.3) is 0 Å². The highest BCUT2D eigenvalue weighted by atomic mass is 16.1. The van der Waals surface area contributed by atoms with Crippen molar-refractivity contribution in [1.82, 2.24) is 0 Å². The average molecular weight is 226 g/mol. The van der Waals surface area contributed by atoms with E-state index in [9.17, 15) is 4.79 Å². The summed E-state index contributed by atoms with van der Waals surface area (Å²) in [6.45, 7) is 8.38. The van der Waals surface area contributed by atoms with Crippen molar-refractivity contribution in [3.05, 3.63) is 0 Å². The van der Waals surface area contributed by atoms with E-state index in [2.05, 4.69) is 20.8 Å². The SMILES string of the molecule is CCCCCCCCCC(C)(C)CC(C)=O. The van der Waals surface area contributed by atoms with Gasteiger partial charge in [-0.25, -0.2) is 0 Å². The van der Waals surface area contributed by atoms with Crippen LogP contribution in [-0.4, -0.2) is 5.78 Å². The molecule has 0 atom stereocenters. The molecule has 0 aliphatic heterocycles. The number of Topliss-reactive ketones (excluding diaryl/α,β-unsaturated/α-hetero) is 1. The third-order valence-electron chi connectivity index (χ3n) is 3.18. The van der Waals surface area contributed by atoms with Crippen molar-refractivity contribution in [2.45, 2.75) is 85.5 Å². The van der Waals surface area contributed by atoms with Gasteiger partial charge in [-0.2, -0.15) is 0 Å². The molecule has 16 heavy (non-hydrogen) atoms. The van der Waals surface area contributed by atoms with Gasteiger partial charge in [0.25, 0.3) is 0 Å². The topological polar surface area (TPSA) is 17.1 Å². The van der Waals surface area contributed by atoms with Crippen LogP contribution >= 0.6 is 0 Å². The van der Waals surface area contributed by atoms with E-state index in [1.807, 2.05) is 0 Å². The standard InChI is InChI=1S/C15H30O/c1-5-6-7-8-9-10-11-12-15(3,4)13-14(2)16/h5-13H2,1-4H3. The van der Waals surface area contributed by atoms with Crippen LogP contribution in [0.1, 0.15) is 85.5 Å². The summed E-state index contributed by atoms with van der Waals surface area (Å²) < 4.78 is 0. The lowest BCUT2D eigenvalue weighted by Gasteiger charge is -2.22. The largest absolute Gasteiger partial charge is 0.300 e. The Morgan fingerprint density at radius 1 is 0.938 bits per heavy atom. The van der Waals surface area contributed by atoms with Crippen molar-refractivity contribution in [3.8, 4) is 0 Å². The highest BCUT2D eigenvalue weighted by Crippen LogP contribution is 2.28. The van der Waals surface area contributed by atoms with E-state index in [-0.39, 0.29) is 5.41 Å². The molecule has 0 saturated carbocycles. The fourth-order valence-electron chi connectivity index (χ4n) is 2.32. The van der Waals surface area contributed by atoms with Crippen LogP contribution in [0.4, 0.5) is 0 Å². The Morgan fingerprint density at radius 2 is 1.44 bits per heavy atom. The number of ketones is 1. The maximum absolute atomic E-state index is 11.1. The predicted molar refractivity (Wildman–Crippen MR) is 71.7 cm³/mol. The molecule has 0 aliphatic carbocycles. The molecule has 0 amide bonds. The van der Waals surface area contributed by atoms with Crippen LogP contribution in [-0.2, 0) is 4.79 Å². The molecule has 0 bridgehead atoms. The molecule has 0 aromatic heterocycles. The van der Waals surface area contributed by atoms with E-state index < -0.39 is 0 Å².